The highest BCUT2D eigenvalue weighted by atomic mass is 16.2. The fourth-order valence-corrected chi connectivity index (χ4v) is 5.04. The van der Waals surface area contributed by atoms with Crippen LogP contribution in [-0.4, -0.2) is 20.8 Å². The smallest absolute Gasteiger partial charge is 0.328 e. The Kier molecular flexibility index (Phi) is 5.18. The minimum absolute atomic E-state index is 0.0180. The number of nitrogens with zero attached hydrogens (tertiary/aromatic N) is 2. The molecule has 0 radical (unpaired) electrons. The summed E-state index contributed by atoms with van der Waals surface area (Å²) in [6.07, 6.45) is 2.59. The van der Waals surface area contributed by atoms with Crippen molar-refractivity contribution < 1.29 is 0 Å². The number of hydrogen-bond acceptors (Lipinski definition) is 3. The normalized spacial score (nSPS) is 16.1. The van der Waals surface area contributed by atoms with Gasteiger partial charge in [-0.05, 0) is 76.1 Å². The van der Waals surface area contributed by atoms with Crippen LogP contribution in [0.15, 0.2) is 41.2 Å². The summed E-state index contributed by atoms with van der Waals surface area (Å²) in [5.74, 6) is 0.690. The topological polar surface area (TPSA) is 76.7 Å². The molecule has 0 fully saturated rings. The van der Waals surface area contributed by atoms with Crippen LogP contribution in [0.25, 0.3) is 0 Å². The molecule has 0 aliphatic heterocycles. The Morgan fingerprint density at radius 1 is 1.03 bits per heavy atom. The fourth-order valence-electron chi connectivity index (χ4n) is 5.04. The predicted octanol–water partition coefficient (Wildman–Crippen LogP) is 3.94. The number of fused-ring (bicyclic) bond motifs is 2. The summed E-state index contributed by atoms with van der Waals surface area (Å²) in [4.78, 5) is 15.9. The van der Waals surface area contributed by atoms with Crippen LogP contribution in [0.4, 0.5) is 0 Å². The largest absolute Gasteiger partial charge is 0.343 e. The van der Waals surface area contributed by atoms with E-state index in [1.807, 2.05) is 20.8 Å². The Morgan fingerprint density at radius 2 is 1.57 bits per heavy atom. The van der Waals surface area contributed by atoms with Gasteiger partial charge in [0, 0.05) is 6.04 Å². The number of rotatable bonds is 4. The highest BCUT2D eigenvalue weighted by Crippen LogP contribution is 2.46. The van der Waals surface area contributed by atoms with Crippen LogP contribution >= 0.6 is 0 Å². The van der Waals surface area contributed by atoms with E-state index in [4.69, 9.17) is 10.8 Å². The van der Waals surface area contributed by atoms with E-state index in [1.54, 1.807) is 4.68 Å². The highest BCUT2D eigenvalue weighted by Gasteiger charge is 2.44. The predicted molar refractivity (Wildman–Crippen MR) is 121 cm³/mol. The first-order valence-corrected chi connectivity index (χ1v) is 10.9. The summed E-state index contributed by atoms with van der Waals surface area (Å²) in [7, 11) is 0. The van der Waals surface area contributed by atoms with E-state index < -0.39 is 5.41 Å². The van der Waals surface area contributed by atoms with Crippen molar-refractivity contribution in [3.63, 3.8) is 0 Å². The third-order valence-corrected chi connectivity index (χ3v) is 6.27. The van der Waals surface area contributed by atoms with Gasteiger partial charge in [0.25, 0.3) is 0 Å². The molecule has 1 aromatic heterocycles. The molecule has 1 heterocycles. The van der Waals surface area contributed by atoms with Crippen molar-refractivity contribution in [2.75, 3.05) is 0 Å². The Bertz CT molecular complexity index is 1080. The molecular formula is C25H32N4O. The number of nitrogens with one attached hydrogen (secondary N) is 1. The summed E-state index contributed by atoms with van der Waals surface area (Å²) < 4.78 is 1.55. The first-order chi connectivity index (χ1) is 14.2. The molecule has 0 saturated carbocycles. The molecule has 5 heteroatoms. The summed E-state index contributed by atoms with van der Waals surface area (Å²) in [5.41, 5.74) is 13.2. The van der Waals surface area contributed by atoms with Gasteiger partial charge in [-0.1, -0.05) is 47.5 Å². The lowest BCUT2D eigenvalue weighted by Gasteiger charge is -2.36. The van der Waals surface area contributed by atoms with Crippen molar-refractivity contribution >= 4 is 0 Å². The molecule has 5 nitrogen and oxygen atoms in total. The zero-order valence-corrected chi connectivity index (χ0v) is 18.6. The lowest BCUT2D eigenvalue weighted by Crippen LogP contribution is -2.38. The Hall–Kier alpha value is -2.66. The van der Waals surface area contributed by atoms with Crippen LogP contribution in [0, 0.1) is 13.8 Å². The van der Waals surface area contributed by atoms with Gasteiger partial charge in [0.2, 0.25) is 0 Å². The standard InChI is InChI=1S/C25H32N4O/c1-15(2)29-24(30)27-23(28-29)25(14-18(5)26)21-10-6-16(3)12-19(21)8-9-20-13-17(4)7-11-22(20)25/h6-7,10-13,15,18H,8-9,14,26H2,1-5H3,(H,27,28,30)/t18-/m0/s1. The number of aromatic nitrogens is 3. The van der Waals surface area contributed by atoms with Crippen LogP contribution < -0.4 is 11.4 Å². The molecule has 1 aliphatic carbocycles. The van der Waals surface area contributed by atoms with E-state index in [0.29, 0.717) is 12.2 Å². The molecule has 1 atom stereocenters. The maximum absolute atomic E-state index is 12.8. The monoisotopic (exact) mass is 404 g/mol. The molecule has 0 saturated heterocycles. The Balaban J connectivity index is 2.12. The van der Waals surface area contributed by atoms with E-state index in [9.17, 15) is 4.79 Å². The second-order valence-corrected chi connectivity index (χ2v) is 9.23. The van der Waals surface area contributed by atoms with Gasteiger partial charge < -0.3 is 5.73 Å². The zero-order valence-electron chi connectivity index (χ0n) is 18.6. The maximum atomic E-state index is 12.8. The molecule has 0 bridgehead atoms. The molecule has 0 spiro atoms. The Labute approximate surface area is 178 Å². The SMILES string of the molecule is Cc1ccc2c(c1)CCc1cc(C)ccc1C2(C[C@H](C)N)c1nn(C(C)C)c(=O)[nH]1. The van der Waals surface area contributed by atoms with Gasteiger partial charge >= 0.3 is 5.69 Å². The van der Waals surface area contributed by atoms with Crippen LogP contribution in [-0.2, 0) is 18.3 Å². The number of benzene rings is 2. The molecule has 1 aliphatic rings. The van der Waals surface area contributed by atoms with Gasteiger partial charge in [-0.2, -0.15) is 5.10 Å². The fraction of sp³-hybridized carbons (Fsp3) is 0.440. The van der Waals surface area contributed by atoms with Crippen LogP contribution in [0.2, 0.25) is 0 Å². The summed E-state index contributed by atoms with van der Waals surface area (Å²) in [6, 6.07) is 13.2. The lowest BCUT2D eigenvalue weighted by molar-refractivity contribution is 0.456. The second-order valence-electron chi connectivity index (χ2n) is 9.23. The van der Waals surface area contributed by atoms with Crippen molar-refractivity contribution in [3.05, 3.63) is 86.1 Å². The number of aromatic amines is 1. The van der Waals surface area contributed by atoms with E-state index in [-0.39, 0.29) is 17.8 Å². The van der Waals surface area contributed by atoms with Crippen molar-refractivity contribution in [1.82, 2.24) is 14.8 Å². The molecule has 158 valence electrons. The third-order valence-electron chi connectivity index (χ3n) is 6.27. The minimum Gasteiger partial charge on any atom is -0.328 e. The van der Waals surface area contributed by atoms with Crippen molar-refractivity contribution in [1.29, 1.82) is 0 Å². The number of aryl methyl sites for hydroxylation is 4. The molecule has 2 aromatic carbocycles. The maximum Gasteiger partial charge on any atom is 0.343 e. The molecule has 3 N–H and O–H groups in total. The summed E-state index contributed by atoms with van der Waals surface area (Å²) in [5, 5.41) is 4.84. The van der Waals surface area contributed by atoms with Crippen LogP contribution in [0.3, 0.4) is 0 Å². The average molecular weight is 405 g/mol. The van der Waals surface area contributed by atoms with Gasteiger partial charge in [-0.15, -0.1) is 0 Å². The third kappa shape index (κ3) is 3.31. The highest BCUT2D eigenvalue weighted by molar-refractivity contribution is 5.56. The minimum atomic E-state index is -0.587. The van der Waals surface area contributed by atoms with Gasteiger partial charge in [0.05, 0.1) is 11.5 Å². The van der Waals surface area contributed by atoms with Crippen molar-refractivity contribution in [2.24, 2.45) is 5.73 Å². The first kappa shape index (κ1) is 20.6. The molecule has 30 heavy (non-hydrogen) atoms. The van der Waals surface area contributed by atoms with Crippen molar-refractivity contribution in [2.45, 2.75) is 71.4 Å². The van der Waals surface area contributed by atoms with Gasteiger partial charge in [0.15, 0.2) is 0 Å². The summed E-state index contributed by atoms with van der Waals surface area (Å²) in [6.45, 7) is 10.2. The molecule has 3 aromatic rings. The molecule has 0 unspecified atom stereocenters. The lowest BCUT2D eigenvalue weighted by atomic mass is 9.68. The molecular weight excluding hydrogens is 372 g/mol. The molecule has 4 rings (SSSR count). The number of nitrogens with two attached hydrogens (primary N) is 1. The number of hydrogen-bond donors (Lipinski definition) is 2. The summed E-state index contributed by atoms with van der Waals surface area (Å²) >= 11 is 0. The average Bonchev–Trinajstić information content (AvgIpc) is 3.01. The first-order valence-electron chi connectivity index (χ1n) is 10.9. The van der Waals surface area contributed by atoms with E-state index in [1.165, 1.54) is 33.4 Å². The van der Waals surface area contributed by atoms with E-state index in [2.05, 4.69) is 55.2 Å². The quantitative estimate of drug-likeness (QED) is 0.691. The van der Waals surface area contributed by atoms with Crippen molar-refractivity contribution in [3.8, 4) is 0 Å². The van der Waals surface area contributed by atoms with E-state index >= 15 is 0 Å². The second kappa shape index (κ2) is 7.55. The van der Waals surface area contributed by atoms with Gasteiger partial charge in [-0.3, -0.25) is 4.98 Å². The van der Waals surface area contributed by atoms with Gasteiger partial charge in [0.1, 0.15) is 5.82 Å². The van der Waals surface area contributed by atoms with Crippen LogP contribution in [0.5, 0.6) is 0 Å². The number of H-pyrrole nitrogens is 1. The molecule has 0 amide bonds. The van der Waals surface area contributed by atoms with Crippen LogP contribution in [0.1, 0.15) is 72.4 Å². The van der Waals surface area contributed by atoms with E-state index in [0.717, 1.165) is 12.8 Å². The Morgan fingerprint density at radius 3 is 2.00 bits per heavy atom. The van der Waals surface area contributed by atoms with Gasteiger partial charge in [-0.25, -0.2) is 9.48 Å². The zero-order chi connectivity index (χ0) is 21.6.